The molecule has 0 bridgehead atoms. The molecule has 1 aliphatic carbocycles. The van der Waals surface area contributed by atoms with E-state index in [-0.39, 0.29) is 43.2 Å². The van der Waals surface area contributed by atoms with E-state index < -0.39 is 11.1 Å². The van der Waals surface area contributed by atoms with E-state index in [9.17, 15) is 14.4 Å². The van der Waals surface area contributed by atoms with Gasteiger partial charge in [0.25, 0.3) is 5.91 Å². The lowest BCUT2D eigenvalue weighted by Gasteiger charge is -2.21. The van der Waals surface area contributed by atoms with E-state index in [1.54, 1.807) is 0 Å². The average molecular weight is 333 g/mol. The van der Waals surface area contributed by atoms with Gasteiger partial charge in [-0.15, -0.1) is 12.4 Å². The minimum Gasteiger partial charge on any atom is -0.354 e. The average Bonchev–Trinajstić information content (AvgIpc) is 2.93. The summed E-state index contributed by atoms with van der Waals surface area (Å²) in [5.74, 6) is -0.390. The van der Waals surface area contributed by atoms with Crippen molar-refractivity contribution in [1.29, 1.82) is 0 Å². The van der Waals surface area contributed by atoms with E-state index in [2.05, 4.69) is 10.6 Å². The number of amides is 4. The molecule has 2 aliphatic rings. The van der Waals surface area contributed by atoms with E-state index >= 15 is 0 Å². The molecule has 8 heteroatoms. The van der Waals surface area contributed by atoms with Crippen LogP contribution in [-0.4, -0.2) is 46.9 Å². The monoisotopic (exact) mass is 332 g/mol. The number of rotatable bonds is 5. The van der Waals surface area contributed by atoms with Gasteiger partial charge in [-0.2, -0.15) is 0 Å². The van der Waals surface area contributed by atoms with Crippen LogP contribution in [0.1, 0.15) is 46.0 Å². The molecule has 4 N–H and O–H groups in total. The molecule has 1 saturated heterocycles. The molecule has 0 aromatic carbocycles. The Morgan fingerprint density at radius 2 is 1.95 bits per heavy atom. The van der Waals surface area contributed by atoms with Crippen LogP contribution in [0.5, 0.6) is 0 Å². The highest BCUT2D eigenvalue weighted by Gasteiger charge is 2.52. The molecule has 1 spiro atoms. The minimum atomic E-state index is -0.702. The van der Waals surface area contributed by atoms with E-state index in [0.29, 0.717) is 19.4 Å². The van der Waals surface area contributed by atoms with Crippen molar-refractivity contribution < 1.29 is 14.4 Å². The van der Waals surface area contributed by atoms with Crippen molar-refractivity contribution in [2.45, 2.75) is 57.0 Å². The highest BCUT2D eigenvalue weighted by atomic mass is 35.5. The largest absolute Gasteiger partial charge is 0.354 e. The summed E-state index contributed by atoms with van der Waals surface area (Å²) in [6, 6.07) is -0.381. The Morgan fingerprint density at radius 1 is 1.36 bits per heavy atom. The molecule has 126 valence electrons. The summed E-state index contributed by atoms with van der Waals surface area (Å²) < 4.78 is 0. The second-order valence-electron chi connectivity index (χ2n) is 6.69. The Morgan fingerprint density at radius 3 is 2.50 bits per heavy atom. The zero-order chi connectivity index (χ0) is 15.7. The first-order chi connectivity index (χ1) is 9.73. The highest BCUT2D eigenvalue weighted by Crippen LogP contribution is 2.34. The fourth-order valence-electron chi connectivity index (χ4n) is 2.82. The number of nitrogens with one attached hydrogen (secondary N) is 2. The summed E-state index contributed by atoms with van der Waals surface area (Å²) in [6.07, 6.45) is 3.40. The fraction of sp³-hybridized carbons (Fsp3) is 0.786. The zero-order valence-electron chi connectivity index (χ0n) is 13.1. The number of nitrogens with zero attached hydrogens (tertiary/aromatic N) is 1. The number of halogens is 1. The fourth-order valence-corrected chi connectivity index (χ4v) is 2.82. The summed E-state index contributed by atoms with van der Waals surface area (Å²) in [4.78, 5) is 37.2. The van der Waals surface area contributed by atoms with Crippen molar-refractivity contribution >= 4 is 30.3 Å². The first kappa shape index (κ1) is 18.7. The molecule has 2 rings (SSSR count). The Balaban J connectivity index is 0.00000242. The van der Waals surface area contributed by atoms with Gasteiger partial charge in [-0.05, 0) is 26.7 Å². The Kier molecular flexibility index (Phi) is 5.81. The smallest absolute Gasteiger partial charge is 0.325 e. The molecule has 1 heterocycles. The van der Waals surface area contributed by atoms with Crippen LogP contribution in [0, 0.1) is 0 Å². The summed E-state index contributed by atoms with van der Waals surface area (Å²) in [7, 11) is 0. The molecule has 4 amide bonds. The van der Waals surface area contributed by atoms with Gasteiger partial charge in [0.05, 0.1) is 0 Å². The molecule has 0 aromatic rings. The second kappa shape index (κ2) is 6.83. The molecule has 0 radical (unpaired) electrons. The van der Waals surface area contributed by atoms with Crippen LogP contribution in [0.25, 0.3) is 0 Å². The van der Waals surface area contributed by atoms with E-state index in [4.69, 9.17) is 5.73 Å². The highest BCUT2D eigenvalue weighted by molar-refractivity contribution is 6.07. The van der Waals surface area contributed by atoms with Crippen LogP contribution in [-0.2, 0) is 9.59 Å². The van der Waals surface area contributed by atoms with Crippen LogP contribution in [0.4, 0.5) is 4.79 Å². The molecule has 1 aliphatic heterocycles. The molecule has 0 aromatic heterocycles. The van der Waals surface area contributed by atoms with Crippen molar-refractivity contribution in [3.8, 4) is 0 Å². The maximum absolute atomic E-state index is 12.4. The van der Waals surface area contributed by atoms with Crippen LogP contribution in [0.15, 0.2) is 0 Å². The SMILES string of the molecule is CC(C)(N)CNC(=O)CCN1C(=O)NC2(CCCC2)C1=O.Cl. The number of nitrogens with two attached hydrogens (primary N) is 1. The number of hydrogen-bond acceptors (Lipinski definition) is 4. The predicted molar refractivity (Wildman–Crippen MR) is 84.6 cm³/mol. The summed E-state index contributed by atoms with van der Waals surface area (Å²) in [5, 5.41) is 5.50. The normalized spacial score (nSPS) is 20.0. The third-order valence-electron chi connectivity index (χ3n) is 4.01. The second-order valence-corrected chi connectivity index (χ2v) is 6.69. The number of urea groups is 1. The molecule has 0 unspecified atom stereocenters. The van der Waals surface area contributed by atoms with Gasteiger partial charge in [-0.25, -0.2) is 4.79 Å². The van der Waals surface area contributed by atoms with Crippen LogP contribution >= 0.6 is 12.4 Å². The van der Waals surface area contributed by atoms with Crippen molar-refractivity contribution in [3.63, 3.8) is 0 Å². The maximum atomic E-state index is 12.4. The molecule has 22 heavy (non-hydrogen) atoms. The van der Waals surface area contributed by atoms with Crippen molar-refractivity contribution in [3.05, 3.63) is 0 Å². The number of carbonyl (C=O) groups is 3. The Hall–Kier alpha value is -1.34. The van der Waals surface area contributed by atoms with Crippen LogP contribution in [0.3, 0.4) is 0 Å². The standard InChI is InChI=1S/C14H24N4O3.ClH/c1-13(2,15)9-16-10(19)5-8-18-11(20)14(17-12(18)21)6-3-4-7-14;/h3-9,15H2,1-2H3,(H,16,19)(H,17,21);1H. The third kappa shape index (κ3) is 4.10. The molecule has 1 saturated carbocycles. The molecular weight excluding hydrogens is 308 g/mol. The van der Waals surface area contributed by atoms with Gasteiger partial charge >= 0.3 is 6.03 Å². The van der Waals surface area contributed by atoms with Crippen molar-refractivity contribution in [2.24, 2.45) is 5.73 Å². The molecule has 2 fully saturated rings. The topological polar surface area (TPSA) is 105 Å². The van der Waals surface area contributed by atoms with E-state index in [1.807, 2.05) is 13.8 Å². The van der Waals surface area contributed by atoms with Crippen molar-refractivity contribution in [1.82, 2.24) is 15.5 Å². The first-order valence-corrected chi connectivity index (χ1v) is 7.43. The molecular formula is C14H25ClN4O3. The lowest BCUT2D eigenvalue weighted by molar-refractivity contribution is -0.131. The molecule has 0 atom stereocenters. The summed E-state index contributed by atoms with van der Waals surface area (Å²) >= 11 is 0. The Bertz CT molecular complexity index is 455. The Labute approximate surface area is 136 Å². The van der Waals surface area contributed by atoms with Crippen LogP contribution < -0.4 is 16.4 Å². The quantitative estimate of drug-likeness (QED) is 0.638. The first-order valence-electron chi connectivity index (χ1n) is 7.43. The van der Waals surface area contributed by atoms with Crippen LogP contribution in [0.2, 0.25) is 0 Å². The zero-order valence-corrected chi connectivity index (χ0v) is 13.9. The number of hydrogen-bond donors (Lipinski definition) is 3. The minimum absolute atomic E-state index is 0. The number of imide groups is 1. The lowest BCUT2D eigenvalue weighted by Crippen LogP contribution is -2.46. The van der Waals surface area contributed by atoms with Gasteiger partial charge in [-0.1, -0.05) is 12.8 Å². The van der Waals surface area contributed by atoms with Gasteiger partial charge < -0.3 is 16.4 Å². The van der Waals surface area contributed by atoms with E-state index in [1.165, 1.54) is 4.90 Å². The third-order valence-corrected chi connectivity index (χ3v) is 4.01. The predicted octanol–water partition coefficient (Wildman–Crippen LogP) is 0.516. The van der Waals surface area contributed by atoms with Gasteiger partial charge in [0, 0.05) is 25.0 Å². The lowest BCUT2D eigenvalue weighted by atomic mass is 9.98. The van der Waals surface area contributed by atoms with Gasteiger partial charge in [-0.3, -0.25) is 14.5 Å². The molecule has 7 nitrogen and oxygen atoms in total. The van der Waals surface area contributed by atoms with Gasteiger partial charge in [0.2, 0.25) is 5.91 Å². The number of carbonyl (C=O) groups excluding carboxylic acids is 3. The van der Waals surface area contributed by atoms with Gasteiger partial charge in [0.15, 0.2) is 0 Å². The van der Waals surface area contributed by atoms with E-state index in [0.717, 1.165) is 12.8 Å². The maximum Gasteiger partial charge on any atom is 0.325 e. The van der Waals surface area contributed by atoms with Crippen molar-refractivity contribution in [2.75, 3.05) is 13.1 Å². The summed E-state index contributed by atoms with van der Waals surface area (Å²) in [6.45, 7) is 4.10. The van der Waals surface area contributed by atoms with Gasteiger partial charge in [0.1, 0.15) is 5.54 Å². The summed E-state index contributed by atoms with van der Waals surface area (Å²) in [5.41, 5.74) is 4.60.